The SMILES string of the molecule is Cl.Cl.N#Cc1cncc(C#N)c1. The summed E-state index contributed by atoms with van der Waals surface area (Å²) in [6, 6.07) is 5.27. The summed E-state index contributed by atoms with van der Waals surface area (Å²) in [5, 5.41) is 16.7. The van der Waals surface area contributed by atoms with Gasteiger partial charge < -0.3 is 0 Å². The van der Waals surface area contributed by atoms with E-state index < -0.39 is 0 Å². The monoisotopic (exact) mass is 201 g/mol. The summed E-state index contributed by atoms with van der Waals surface area (Å²) in [7, 11) is 0. The third-order valence-electron chi connectivity index (χ3n) is 0.996. The molecule has 0 unspecified atom stereocenters. The number of hydrogen-bond donors (Lipinski definition) is 0. The lowest BCUT2D eigenvalue weighted by atomic mass is 10.2. The van der Waals surface area contributed by atoms with Crippen LogP contribution in [0.5, 0.6) is 0 Å². The van der Waals surface area contributed by atoms with Gasteiger partial charge in [-0.15, -0.1) is 24.8 Å². The molecule has 0 spiro atoms. The molecule has 0 N–H and O–H groups in total. The highest BCUT2D eigenvalue weighted by Crippen LogP contribution is 1.97. The van der Waals surface area contributed by atoms with Gasteiger partial charge in [0.15, 0.2) is 0 Å². The predicted molar refractivity (Wildman–Crippen MR) is 48.2 cm³/mol. The first-order valence-electron chi connectivity index (χ1n) is 2.62. The topological polar surface area (TPSA) is 60.5 Å². The van der Waals surface area contributed by atoms with Crippen molar-refractivity contribution in [2.45, 2.75) is 0 Å². The Morgan fingerprint density at radius 2 is 1.42 bits per heavy atom. The number of halogens is 2. The Bertz CT molecular complexity index is 295. The van der Waals surface area contributed by atoms with Crippen molar-refractivity contribution >= 4 is 24.8 Å². The maximum absolute atomic E-state index is 8.36. The van der Waals surface area contributed by atoms with Crippen molar-refractivity contribution in [3.05, 3.63) is 29.6 Å². The van der Waals surface area contributed by atoms with Gasteiger partial charge in [-0.3, -0.25) is 4.98 Å². The number of nitrogens with zero attached hydrogens (tertiary/aromatic N) is 3. The quantitative estimate of drug-likeness (QED) is 0.642. The van der Waals surface area contributed by atoms with E-state index >= 15 is 0 Å². The molecule has 0 aliphatic heterocycles. The second-order valence-corrected chi connectivity index (χ2v) is 1.69. The molecule has 1 aromatic heterocycles. The van der Waals surface area contributed by atoms with Gasteiger partial charge in [-0.1, -0.05) is 0 Å². The van der Waals surface area contributed by atoms with Crippen LogP contribution in [0.4, 0.5) is 0 Å². The van der Waals surface area contributed by atoms with E-state index in [0.29, 0.717) is 11.1 Å². The van der Waals surface area contributed by atoms with Crippen LogP contribution in [0, 0.1) is 22.7 Å². The molecular formula is C7H5Cl2N3. The second kappa shape index (κ2) is 6.42. The van der Waals surface area contributed by atoms with Crippen molar-refractivity contribution in [2.24, 2.45) is 0 Å². The van der Waals surface area contributed by atoms with E-state index in [9.17, 15) is 0 Å². The van der Waals surface area contributed by atoms with Gasteiger partial charge in [-0.05, 0) is 6.07 Å². The van der Waals surface area contributed by atoms with E-state index in [-0.39, 0.29) is 24.8 Å². The van der Waals surface area contributed by atoms with Crippen molar-refractivity contribution < 1.29 is 0 Å². The van der Waals surface area contributed by atoms with Crippen LogP contribution in [-0.2, 0) is 0 Å². The Morgan fingerprint density at radius 1 is 1.00 bits per heavy atom. The zero-order chi connectivity index (χ0) is 7.40. The Kier molecular flexibility index (Phi) is 7.12. The van der Waals surface area contributed by atoms with Crippen molar-refractivity contribution in [2.75, 3.05) is 0 Å². The molecule has 0 radical (unpaired) electrons. The highest BCUT2D eigenvalue weighted by atomic mass is 35.5. The summed E-state index contributed by atoms with van der Waals surface area (Å²) < 4.78 is 0. The first-order chi connectivity index (χ1) is 4.86. The highest BCUT2D eigenvalue weighted by Gasteiger charge is 1.91. The largest absolute Gasteiger partial charge is 0.262 e. The first kappa shape index (κ1) is 13.3. The van der Waals surface area contributed by atoms with E-state index in [4.69, 9.17) is 10.5 Å². The van der Waals surface area contributed by atoms with Gasteiger partial charge >= 0.3 is 0 Å². The van der Waals surface area contributed by atoms with E-state index in [1.807, 2.05) is 12.1 Å². The van der Waals surface area contributed by atoms with E-state index in [0.717, 1.165) is 0 Å². The van der Waals surface area contributed by atoms with Crippen LogP contribution in [-0.4, -0.2) is 4.98 Å². The van der Waals surface area contributed by atoms with Crippen LogP contribution in [0.25, 0.3) is 0 Å². The van der Waals surface area contributed by atoms with Gasteiger partial charge in [0.1, 0.15) is 12.1 Å². The average molecular weight is 202 g/mol. The fraction of sp³-hybridized carbons (Fsp3) is 0. The Balaban J connectivity index is 0. The molecule has 62 valence electrons. The molecule has 12 heavy (non-hydrogen) atoms. The number of nitriles is 2. The van der Waals surface area contributed by atoms with E-state index in [1.54, 1.807) is 0 Å². The number of aromatic nitrogens is 1. The molecule has 0 fully saturated rings. The molecule has 1 rings (SSSR count). The molecule has 1 aromatic rings. The van der Waals surface area contributed by atoms with Gasteiger partial charge in [0.25, 0.3) is 0 Å². The third kappa shape index (κ3) is 3.21. The standard InChI is InChI=1S/C7H3N3.2ClH/c8-2-6-1-7(3-9)5-10-4-6;;/h1,4-5H;2*1H. The minimum Gasteiger partial charge on any atom is -0.262 e. The molecule has 0 saturated carbocycles. The van der Waals surface area contributed by atoms with Gasteiger partial charge in [-0.25, -0.2) is 0 Å². The lowest BCUT2D eigenvalue weighted by Crippen LogP contribution is -1.80. The predicted octanol–water partition coefficient (Wildman–Crippen LogP) is 1.67. The van der Waals surface area contributed by atoms with Crippen LogP contribution in [0.15, 0.2) is 18.5 Å². The molecule has 0 amide bonds. The third-order valence-corrected chi connectivity index (χ3v) is 0.996. The summed E-state index contributed by atoms with van der Waals surface area (Å²) in [5.74, 6) is 0. The normalized spacial score (nSPS) is 6.50. The molecule has 0 bridgehead atoms. The molecule has 3 nitrogen and oxygen atoms in total. The maximum Gasteiger partial charge on any atom is 0.101 e. The zero-order valence-corrected chi connectivity index (χ0v) is 7.52. The van der Waals surface area contributed by atoms with Gasteiger partial charge in [0, 0.05) is 12.4 Å². The van der Waals surface area contributed by atoms with Crippen LogP contribution in [0.3, 0.4) is 0 Å². The summed E-state index contributed by atoms with van der Waals surface area (Å²) >= 11 is 0. The molecule has 5 heteroatoms. The number of pyridine rings is 1. The molecule has 0 atom stereocenters. The number of rotatable bonds is 0. The molecule has 0 aliphatic carbocycles. The van der Waals surface area contributed by atoms with E-state index in [2.05, 4.69) is 4.98 Å². The van der Waals surface area contributed by atoms with Crippen LogP contribution < -0.4 is 0 Å². The van der Waals surface area contributed by atoms with Crippen LogP contribution >= 0.6 is 24.8 Å². The molecule has 0 aliphatic rings. The summed E-state index contributed by atoms with van der Waals surface area (Å²) in [6.07, 6.45) is 2.84. The van der Waals surface area contributed by atoms with Crippen LogP contribution in [0.2, 0.25) is 0 Å². The Labute approximate surface area is 82.5 Å². The molecule has 0 saturated heterocycles. The van der Waals surface area contributed by atoms with Gasteiger partial charge in [-0.2, -0.15) is 10.5 Å². The summed E-state index contributed by atoms with van der Waals surface area (Å²) in [5.41, 5.74) is 0.832. The van der Waals surface area contributed by atoms with Crippen molar-refractivity contribution in [3.8, 4) is 12.1 Å². The Morgan fingerprint density at radius 3 is 1.75 bits per heavy atom. The first-order valence-corrected chi connectivity index (χ1v) is 2.62. The van der Waals surface area contributed by atoms with Crippen molar-refractivity contribution in [1.29, 1.82) is 10.5 Å². The van der Waals surface area contributed by atoms with Crippen LogP contribution in [0.1, 0.15) is 11.1 Å². The Hall–Kier alpha value is -1.29. The minimum absolute atomic E-state index is 0. The van der Waals surface area contributed by atoms with E-state index in [1.165, 1.54) is 18.5 Å². The van der Waals surface area contributed by atoms with Gasteiger partial charge in [0.05, 0.1) is 11.1 Å². The highest BCUT2D eigenvalue weighted by molar-refractivity contribution is 5.85. The minimum atomic E-state index is 0. The maximum atomic E-state index is 8.36. The van der Waals surface area contributed by atoms with Crippen molar-refractivity contribution in [1.82, 2.24) is 4.98 Å². The second-order valence-electron chi connectivity index (χ2n) is 1.69. The molecule has 1 heterocycles. The lowest BCUT2D eigenvalue weighted by molar-refractivity contribution is 1.28. The smallest absolute Gasteiger partial charge is 0.101 e. The zero-order valence-electron chi connectivity index (χ0n) is 5.89. The average Bonchev–Trinajstić information content (AvgIpc) is 2.05. The summed E-state index contributed by atoms with van der Waals surface area (Å²) in [4.78, 5) is 3.68. The summed E-state index contributed by atoms with van der Waals surface area (Å²) in [6.45, 7) is 0. The van der Waals surface area contributed by atoms with Crippen molar-refractivity contribution in [3.63, 3.8) is 0 Å². The lowest BCUT2D eigenvalue weighted by Gasteiger charge is -1.85. The fourth-order valence-corrected chi connectivity index (χ4v) is 0.562. The molecular weight excluding hydrogens is 197 g/mol. The number of hydrogen-bond acceptors (Lipinski definition) is 3. The molecule has 0 aromatic carbocycles. The van der Waals surface area contributed by atoms with Gasteiger partial charge in [0.2, 0.25) is 0 Å². The fourth-order valence-electron chi connectivity index (χ4n) is 0.562.